The van der Waals surface area contributed by atoms with Crippen molar-refractivity contribution in [2.75, 3.05) is 0 Å². The Labute approximate surface area is 190 Å². The van der Waals surface area contributed by atoms with Gasteiger partial charge in [0.05, 0.1) is 19.6 Å². The molecule has 0 amide bonds. The molecule has 4 rings (SSSR count). The van der Waals surface area contributed by atoms with Gasteiger partial charge in [0.2, 0.25) is 19.7 Å². The molecule has 162 valence electrons. The van der Waals surface area contributed by atoms with Crippen LogP contribution in [-0.2, 0) is 19.7 Å². The standard InChI is InChI=1S/C24H16ClFO4S2/c25-19-5-13-23(14-6-19)31(27,28)21-9-1-17(2-10-21)18-3-11-22(12-4-18)32(29,30)24-15-7-20(26)8-16-24/h1-16H. The molecule has 0 atom stereocenters. The summed E-state index contributed by atoms with van der Waals surface area (Å²) in [6.07, 6.45) is 0. The maximum Gasteiger partial charge on any atom is 0.206 e. The molecule has 8 heteroatoms. The van der Waals surface area contributed by atoms with Gasteiger partial charge in [0.25, 0.3) is 0 Å². The lowest BCUT2D eigenvalue weighted by molar-refractivity contribution is 0.593. The highest BCUT2D eigenvalue weighted by molar-refractivity contribution is 7.91. The highest BCUT2D eigenvalue weighted by atomic mass is 35.5. The molecular formula is C24H16ClFO4S2. The summed E-state index contributed by atoms with van der Waals surface area (Å²) < 4.78 is 64.0. The Kier molecular flexibility index (Phi) is 5.90. The molecule has 0 spiro atoms. The first-order valence-corrected chi connectivity index (χ1v) is 12.7. The van der Waals surface area contributed by atoms with Crippen molar-refractivity contribution in [2.45, 2.75) is 19.6 Å². The van der Waals surface area contributed by atoms with E-state index in [1.165, 1.54) is 60.7 Å². The second-order valence-corrected chi connectivity index (χ2v) is 11.3. The molecule has 0 saturated heterocycles. The van der Waals surface area contributed by atoms with Crippen LogP contribution < -0.4 is 0 Å². The number of halogens is 2. The number of sulfone groups is 2. The molecule has 0 fully saturated rings. The number of hydrogen-bond acceptors (Lipinski definition) is 4. The fraction of sp³-hybridized carbons (Fsp3) is 0. The zero-order chi connectivity index (χ0) is 22.9. The summed E-state index contributed by atoms with van der Waals surface area (Å²) in [6.45, 7) is 0. The molecule has 0 aliphatic rings. The maximum atomic E-state index is 13.1. The predicted octanol–water partition coefficient (Wildman–Crippen LogP) is 5.81. The smallest absolute Gasteiger partial charge is 0.206 e. The summed E-state index contributed by atoms with van der Waals surface area (Å²) >= 11 is 5.83. The van der Waals surface area contributed by atoms with E-state index in [1.807, 2.05) is 0 Å². The Hall–Kier alpha value is -3.00. The number of hydrogen-bond donors (Lipinski definition) is 0. The summed E-state index contributed by atoms with van der Waals surface area (Å²) in [5.74, 6) is -0.513. The Morgan fingerprint density at radius 2 is 0.750 bits per heavy atom. The van der Waals surface area contributed by atoms with Crippen molar-refractivity contribution < 1.29 is 21.2 Å². The average Bonchev–Trinajstić information content (AvgIpc) is 2.80. The first-order valence-electron chi connectivity index (χ1n) is 9.40. The highest BCUT2D eigenvalue weighted by Gasteiger charge is 2.19. The summed E-state index contributed by atoms with van der Waals surface area (Å²) in [6, 6.07) is 23.1. The summed E-state index contributed by atoms with van der Waals surface area (Å²) in [5, 5.41) is 0.448. The SMILES string of the molecule is O=S(=O)(c1ccc(F)cc1)c1ccc(-c2ccc(S(=O)(=O)c3ccc(Cl)cc3)cc2)cc1. The van der Waals surface area contributed by atoms with E-state index >= 15 is 0 Å². The zero-order valence-corrected chi connectivity index (χ0v) is 18.8. The monoisotopic (exact) mass is 486 g/mol. The van der Waals surface area contributed by atoms with E-state index in [0.29, 0.717) is 5.02 Å². The topological polar surface area (TPSA) is 68.3 Å². The van der Waals surface area contributed by atoms with Gasteiger partial charge in [-0.3, -0.25) is 0 Å². The summed E-state index contributed by atoms with van der Waals surface area (Å²) in [5.41, 5.74) is 1.45. The van der Waals surface area contributed by atoms with Crippen LogP contribution in [0.3, 0.4) is 0 Å². The van der Waals surface area contributed by atoms with Gasteiger partial charge in [-0.15, -0.1) is 0 Å². The van der Waals surface area contributed by atoms with Crippen LogP contribution in [0.15, 0.2) is 117 Å². The van der Waals surface area contributed by atoms with Crippen LogP contribution in [0.1, 0.15) is 0 Å². The van der Waals surface area contributed by atoms with Crippen LogP contribution in [0.5, 0.6) is 0 Å². The molecule has 0 aliphatic heterocycles. The fourth-order valence-electron chi connectivity index (χ4n) is 3.15. The third-order valence-corrected chi connectivity index (χ3v) is 8.73. The predicted molar refractivity (Wildman–Crippen MR) is 121 cm³/mol. The third-order valence-electron chi connectivity index (χ3n) is 4.91. The lowest BCUT2D eigenvalue weighted by atomic mass is 10.1. The molecule has 0 bridgehead atoms. The van der Waals surface area contributed by atoms with Crippen LogP contribution in [0.25, 0.3) is 11.1 Å². The van der Waals surface area contributed by atoms with Crippen molar-refractivity contribution in [2.24, 2.45) is 0 Å². The van der Waals surface area contributed by atoms with Crippen molar-refractivity contribution in [3.63, 3.8) is 0 Å². The van der Waals surface area contributed by atoms with E-state index < -0.39 is 25.5 Å². The molecule has 0 heterocycles. The molecule has 0 N–H and O–H groups in total. The van der Waals surface area contributed by atoms with E-state index in [1.54, 1.807) is 24.3 Å². The zero-order valence-electron chi connectivity index (χ0n) is 16.4. The molecule has 4 nitrogen and oxygen atoms in total. The van der Waals surface area contributed by atoms with Crippen molar-refractivity contribution in [3.8, 4) is 11.1 Å². The van der Waals surface area contributed by atoms with Gasteiger partial charge < -0.3 is 0 Å². The molecule has 32 heavy (non-hydrogen) atoms. The number of benzene rings is 4. The van der Waals surface area contributed by atoms with Crippen molar-refractivity contribution in [1.29, 1.82) is 0 Å². The second-order valence-electron chi connectivity index (χ2n) is 6.96. The Morgan fingerprint density at radius 1 is 0.469 bits per heavy atom. The van der Waals surface area contributed by atoms with Crippen LogP contribution >= 0.6 is 11.6 Å². The summed E-state index contributed by atoms with van der Waals surface area (Å²) in [7, 11) is -7.45. The van der Waals surface area contributed by atoms with Crippen LogP contribution in [-0.4, -0.2) is 16.8 Å². The highest BCUT2D eigenvalue weighted by Crippen LogP contribution is 2.28. The summed E-state index contributed by atoms with van der Waals surface area (Å²) in [4.78, 5) is 0.363. The molecule has 0 unspecified atom stereocenters. The molecule has 0 radical (unpaired) electrons. The molecule has 0 aliphatic carbocycles. The molecule has 0 aromatic heterocycles. The lowest BCUT2D eigenvalue weighted by Gasteiger charge is -2.08. The molecule has 0 saturated carbocycles. The van der Waals surface area contributed by atoms with Gasteiger partial charge >= 0.3 is 0 Å². The second kappa shape index (κ2) is 8.50. The van der Waals surface area contributed by atoms with Gasteiger partial charge in [-0.05, 0) is 83.9 Å². The lowest BCUT2D eigenvalue weighted by Crippen LogP contribution is -2.02. The Morgan fingerprint density at radius 3 is 1.09 bits per heavy atom. The normalized spacial score (nSPS) is 11.9. The van der Waals surface area contributed by atoms with Crippen LogP contribution in [0.2, 0.25) is 5.02 Å². The van der Waals surface area contributed by atoms with Crippen molar-refractivity contribution in [1.82, 2.24) is 0 Å². The largest absolute Gasteiger partial charge is 0.219 e. The van der Waals surface area contributed by atoms with Gasteiger partial charge in [0.15, 0.2) is 0 Å². The van der Waals surface area contributed by atoms with Crippen LogP contribution in [0, 0.1) is 5.82 Å². The van der Waals surface area contributed by atoms with Gasteiger partial charge in [0, 0.05) is 5.02 Å². The van der Waals surface area contributed by atoms with Crippen molar-refractivity contribution >= 4 is 31.3 Å². The third kappa shape index (κ3) is 4.32. The van der Waals surface area contributed by atoms with E-state index in [-0.39, 0.29) is 19.6 Å². The van der Waals surface area contributed by atoms with E-state index in [2.05, 4.69) is 0 Å². The minimum atomic E-state index is -3.77. The fourth-order valence-corrected chi connectivity index (χ4v) is 5.80. The molecule has 4 aromatic carbocycles. The van der Waals surface area contributed by atoms with E-state index in [9.17, 15) is 21.2 Å². The van der Waals surface area contributed by atoms with Gasteiger partial charge in [0.1, 0.15) is 5.82 Å². The van der Waals surface area contributed by atoms with E-state index in [4.69, 9.17) is 11.6 Å². The van der Waals surface area contributed by atoms with Gasteiger partial charge in [-0.2, -0.15) is 0 Å². The van der Waals surface area contributed by atoms with Gasteiger partial charge in [-0.25, -0.2) is 21.2 Å². The van der Waals surface area contributed by atoms with E-state index in [0.717, 1.165) is 23.3 Å². The molecular weight excluding hydrogens is 471 g/mol. The van der Waals surface area contributed by atoms with Crippen LogP contribution in [0.4, 0.5) is 4.39 Å². The first-order chi connectivity index (χ1) is 15.2. The number of rotatable bonds is 5. The minimum Gasteiger partial charge on any atom is -0.219 e. The van der Waals surface area contributed by atoms with Crippen molar-refractivity contribution in [3.05, 3.63) is 108 Å². The first kappa shape index (κ1) is 22.2. The Balaban J connectivity index is 1.60. The minimum absolute atomic E-state index is 0.00316. The quantitative estimate of drug-likeness (QED) is 0.334. The average molecular weight is 487 g/mol. The molecule has 4 aromatic rings. The Bertz CT molecular complexity index is 1350. The maximum absolute atomic E-state index is 13.1. The van der Waals surface area contributed by atoms with Gasteiger partial charge in [-0.1, -0.05) is 35.9 Å².